The number of para-hydroxylation sites is 1. The fourth-order valence-corrected chi connectivity index (χ4v) is 8.57. The summed E-state index contributed by atoms with van der Waals surface area (Å²) in [6, 6.07) is 66.7. The molecule has 0 atom stereocenters. The van der Waals surface area contributed by atoms with E-state index in [1.165, 1.54) is 16.7 Å². The first-order chi connectivity index (χ1) is 29.9. The largest absolute Gasteiger partial charge is 0.308 e. The van der Waals surface area contributed by atoms with E-state index in [4.69, 9.17) is 16.5 Å². The zero-order valence-corrected chi connectivity index (χ0v) is 33.6. The minimum atomic E-state index is 0.538. The van der Waals surface area contributed by atoms with Crippen LogP contribution in [0.15, 0.2) is 188 Å². The second kappa shape index (κ2) is 15.4. The molecule has 0 saturated heterocycles. The number of hydrogen-bond acceptors (Lipinski definition) is 3. The maximum atomic E-state index is 10.2. The minimum absolute atomic E-state index is 0.538. The van der Waals surface area contributed by atoms with E-state index < -0.39 is 0 Å². The zero-order chi connectivity index (χ0) is 41.5. The predicted octanol–water partition coefficient (Wildman–Crippen LogP) is 14.6. The molecule has 0 fully saturated rings. The summed E-state index contributed by atoms with van der Waals surface area (Å²) in [5, 5.41) is 12.4. The van der Waals surface area contributed by atoms with Crippen molar-refractivity contribution in [1.82, 2.24) is 14.5 Å². The molecule has 0 aliphatic heterocycles. The molecular weight excluding hydrogens is 743 g/mol. The fraction of sp³-hybridized carbons (Fsp3) is 0.0357. The quantitative estimate of drug-likeness (QED) is 0.151. The van der Waals surface area contributed by atoms with Crippen molar-refractivity contribution in [2.24, 2.45) is 0 Å². The SMILES string of the molecule is [C-]#[N+]c1cccc(-c2cc(-c3nc(-c4ccccc4)cc(-c4ccccc4)n3)cc(-c3cccc(C#N)c3)c2-n2c3ccccc3c3cc(-c4cc(C)cc(C)c4)ccc32)c1. The highest BCUT2D eigenvalue weighted by atomic mass is 15.0. The number of rotatable bonds is 7. The molecule has 2 aromatic heterocycles. The molecular formula is C56H37N5. The monoisotopic (exact) mass is 779 g/mol. The van der Waals surface area contributed by atoms with E-state index in [1.807, 2.05) is 78.9 Å². The van der Waals surface area contributed by atoms with Gasteiger partial charge in [0.25, 0.3) is 0 Å². The van der Waals surface area contributed by atoms with E-state index in [9.17, 15) is 5.26 Å². The molecule has 61 heavy (non-hydrogen) atoms. The molecule has 0 saturated carbocycles. The van der Waals surface area contributed by atoms with Crippen LogP contribution in [0.3, 0.4) is 0 Å². The van der Waals surface area contributed by atoms with Gasteiger partial charge in [-0.1, -0.05) is 145 Å². The van der Waals surface area contributed by atoms with Gasteiger partial charge in [0.2, 0.25) is 0 Å². The van der Waals surface area contributed by atoms with Crippen LogP contribution in [-0.2, 0) is 0 Å². The number of nitrogens with zero attached hydrogens (tertiary/aromatic N) is 5. The van der Waals surface area contributed by atoms with Gasteiger partial charge in [-0.25, -0.2) is 14.8 Å². The summed E-state index contributed by atoms with van der Waals surface area (Å²) in [5.74, 6) is 0.562. The zero-order valence-electron chi connectivity index (χ0n) is 33.6. The van der Waals surface area contributed by atoms with Crippen LogP contribution in [0.1, 0.15) is 16.7 Å². The molecule has 8 aromatic carbocycles. The van der Waals surface area contributed by atoms with Crippen molar-refractivity contribution < 1.29 is 0 Å². The van der Waals surface area contributed by atoms with Crippen LogP contribution in [-0.4, -0.2) is 14.5 Å². The van der Waals surface area contributed by atoms with Crippen molar-refractivity contribution in [3.05, 3.63) is 216 Å². The van der Waals surface area contributed by atoms with Gasteiger partial charge in [-0.3, -0.25) is 0 Å². The Morgan fingerprint density at radius 2 is 1.07 bits per heavy atom. The van der Waals surface area contributed by atoms with E-state index in [0.717, 1.165) is 83.4 Å². The lowest BCUT2D eigenvalue weighted by Crippen LogP contribution is -2.03. The normalized spacial score (nSPS) is 11.1. The molecule has 10 aromatic rings. The summed E-state index contributed by atoms with van der Waals surface area (Å²) in [6.45, 7) is 12.3. The van der Waals surface area contributed by atoms with Crippen LogP contribution >= 0.6 is 0 Å². The van der Waals surface area contributed by atoms with E-state index in [2.05, 4.69) is 139 Å². The van der Waals surface area contributed by atoms with Crippen LogP contribution < -0.4 is 0 Å². The number of benzene rings is 8. The molecule has 2 heterocycles. The molecule has 5 heteroatoms. The Labute approximate surface area is 355 Å². The first-order valence-corrected chi connectivity index (χ1v) is 20.2. The second-order valence-electron chi connectivity index (χ2n) is 15.4. The Hall–Kier alpha value is -8.38. The third kappa shape index (κ3) is 6.91. The molecule has 0 bridgehead atoms. The van der Waals surface area contributed by atoms with Gasteiger partial charge in [0, 0.05) is 38.6 Å². The summed E-state index contributed by atoms with van der Waals surface area (Å²) >= 11 is 0. The molecule has 0 aliphatic carbocycles. The van der Waals surface area contributed by atoms with Crippen molar-refractivity contribution in [3.63, 3.8) is 0 Å². The fourth-order valence-electron chi connectivity index (χ4n) is 8.57. The summed E-state index contributed by atoms with van der Waals surface area (Å²) in [4.78, 5) is 14.4. The van der Waals surface area contributed by atoms with Crippen LogP contribution in [0.4, 0.5) is 5.69 Å². The molecule has 0 amide bonds. The smallest absolute Gasteiger partial charge is 0.187 e. The van der Waals surface area contributed by atoms with Crippen LogP contribution in [0.5, 0.6) is 0 Å². The van der Waals surface area contributed by atoms with Crippen molar-refractivity contribution >= 4 is 27.5 Å². The number of aryl methyl sites for hydroxylation is 2. The molecule has 0 unspecified atom stereocenters. The summed E-state index contributed by atoms with van der Waals surface area (Å²) in [5.41, 5.74) is 16.8. The highest BCUT2D eigenvalue weighted by Gasteiger charge is 2.23. The van der Waals surface area contributed by atoms with Gasteiger partial charge in [0.1, 0.15) is 0 Å². The third-order valence-electron chi connectivity index (χ3n) is 11.3. The van der Waals surface area contributed by atoms with Gasteiger partial charge < -0.3 is 4.57 Å². The second-order valence-corrected chi connectivity index (χ2v) is 15.4. The molecule has 0 spiro atoms. The minimum Gasteiger partial charge on any atom is -0.308 e. The van der Waals surface area contributed by atoms with Crippen molar-refractivity contribution in [2.45, 2.75) is 13.8 Å². The lowest BCUT2D eigenvalue weighted by molar-refractivity contribution is 1.17. The van der Waals surface area contributed by atoms with Gasteiger partial charge in [-0.05, 0) is 90.7 Å². The molecule has 0 aliphatic rings. The Kier molecular flexibility index (Phi) is 9.33. The number of aromatic nitrogens is 3. The van der Waals surface area contributed by atoms with Gasteiger partial charge in [-0.2, -0.15) is 5.26 Å². The maximum absolute atomic E-state index is 10.2. The number of fused-ring (bicyclic) bond motifs is 3. The molecule has 0 N–H and O–H groups in total. The number of nitriles is 1. The first kappa shape index (κ1) is 36.9. The van der Waals surface area contributed by atoms with E-state index >= 15 is 0 Å². The Morgan fingerprint density at radius 1 is 0.475 bits per heavy atom. The van der Waals surface area contributed by atoms with Crippen molar-refractivity contribution in [3.8, 4) is 79.0 Å². The van der Waals surface area contributed by atoms with E-state index in [0.29, 0.717) is 17.1 Å². The van der Waals surface area contributed by atoms with Gasteiger partial charge in [-0.15, -0.1) is 0 Å². The van der Waals surface area contributed by atoms with E-state index in [1.54, 1.807) is 0 Å². The van der Waals surface area contributed by atoms with Gasteiger partial charge in [0.15, 0.2) is 11.5 Å². The summed E-state index contributed by atoms with van der Waals surface area (Å²) in [7, 11) is 0. The highest BCUT2D eigenvalue weighted by Crippen LogP contribution is 2.45. The van der Waals surface area contributed by atoms with Crippen molar-refractivity contribution in [2.75, 3.05) is 0 Å². The molecule has 0 radical (unpaired) electrons. The summed E-state index contributed by atoms with van der Waals surface area (Å²) in [6.07, 6.45) is 0. The van der Waals surface area contributed by atoms with Gasteiger partial charge in [0.05, 0.1) is 46.3 Å². The van der Waals surface area contributed by atoms with Crippen molar-refractivity contribution in [1.29, 1.82) is 5.26 Å². The van der Waals surface area contributed by atoms with Gasteiger partial charge >= 0.3 is 0 Å². The van der Waals surface area contributed by atoms with Crippen LogP contribution in [0, 0.1) is 31.8 Å². The van der Waals surface area contributed by atoms with Crippen LogP contribution in [0.2, 0.25) is 0 Å². The molecule has 286 valence electrons. The average Bonchev–Trinajstić information content (AvgIpc) is 3.64. The first-order valence-electron chi connectivity index (χ1n) is 20.2. The standard InChI is InChI=1S/C56H37N5/c1-36-26-37(2)28-44(27-36)41-24-25-54-50(31-41)47-22-10-11-23-53(47)61(54)55-48(42-19-12-14-38(29-42)35-57)32-45(33-49(55)43-20-13-21-46(30-43)58-3)56-59-51(39-15-6-4-7-16-39)34-52(60-56)40-17-8-5-9-18-40/h4-34H,1-2H3. The lowest BCUT2D eigenvalue weighted by Gasteiger charge is -2.21. The van der Waals surface area contributed by atoms with E-state index in [-0.39, 0.29) is 0 Å². The maximum Gasteiger partial charge on any atom is 0.187 e. The number of hydrogen-bond donors (Lipinski definition) is 0. The third-order valence-corrected chi connectivity index (χ3v) is 11.3. The topological polar surface area (TPSA) is 58.9 Å². The molecule has 5 nitrogen and oxygen atoms in total. The van der Waals surface area contributed by atoms with Crippen LogP contribution in [0.25, 0.3) is 99.6 Å². The predicted molar refractivity (Wildman–Crippen MR) is 249 cm³/mol. The summed E-state index contributed by atoms with van der Waals surface area (Å²) < 4.78 is 2.35. The highest BCUT2D eigenvalue weighted by molar-refractivity contribution is 6.12. The lowest BCUT2D eigenvalue weighted by atomic mass is 9.91. The molecule has 10 rings (SSSR count). The Balaban J connectivity index is 1.33. The Morgan fingerprint density at radius 3 is 1.72 bits per heavy atom. The Bertz CT molecular complexity index is 3250. The average molecular weight is 780 g/mol.